The molecule has 0 aliphatic heterocycles. The van der Waals surface area contributed by atoms with E-state index in [1.807, 2.05) is 0 Å². The Morgan fingerprint density at radius 2 is 1.87 bits per heavy atom. The zero-order valence-corrected chi connectivity index (χ0v) is 8.90. The molecule has 0 saturated heterocycles. The molecular weight excluding hydrogens is 200 g/mol. The molecular formula is C11H13F2NO. The van der Waals surface area contributed by atoms with Gasteiger partial charge < -0.3 is 5.73 Å². The fourth-order valence-corrected chi connectivity index (χ4v) is 1.37. The number of hydrogen-bond donors (Lipinski definition) is 1. The molecule has 15 heavy (non-hydrogen) atoms. The first-order chi connectivity index (χ1) is 6.75. The Kier molecular flexibility index (Phi) is 2.90. The minimum absolute atomic E-state index is 0.133. The van der Waals surface area contributed by atoms with Gasteiger partial charge in [-0.05, 0) is 26.8 Å². The van der Waals surface area contributed by atoms with Crippen LogP contribution < -0.4 is 5.73 Å². The molecule has 0 radical (unpaired) electrons. The van der Waals surface area contributed by atoms with Gasteiger partial charge in [-0.15, -0.1) is 0 Å². The van der Waals surface area contributed by atoms with E-state index >= 15 is 0 Å². The Balaban J connectivity index is 3.49. The van der Waals surface area contributed by atoms with Crippen molar-refractivity contribution in [3.8, 4) is 0 Å². The van der Waals surface area contributed by atoms with E-state index in [1.165, 1.54) is 6.07 Å². The van der Waals surface area contributed by atoms with Crippen LogP contribution in [0, 0.1) is 11.6 Å². The van der Waals surface area contributed by atoms with Crippen LogP contribution in [0.5, 0.6) is 0 Å². The molecule has 2 nitrogen and oxygen atoms in total. The molecule has 1 aromatic carbocycles. The van der Waals surface area contributed by atoms with Gasteiger partial charge in [0.25, 0.3) is 0 Å². The van der Waals surface area contributed by atoms with Gasteiger partial charge in [0.05, 0.1) is 5.56 Å². The highest BCUT2D eigenvalue weighted by Crippen LogP contribution is 2.25. The van der Waals surface area contributed by atoms with E-state index in [1.54, 1.807) is 13.8 Å². The topological polar surface area (TPSA) is 43.1 Å². The lowest BCUT2D eigenvalue weighted by atomic mass is 9.92. The van der Waals surface area contributed by atoms with Crippen molar-refractivity contribution >= 4 is 5.78 Å². The third-order valence-corrected chi connectivity index (χ3v) is 2.14. The number of benzene rings is 1. The number of halogens is 2. The number of Topliss-reactive ketones (excluding diaryl/α,β-unsaturated/α-hetero) is 1. The summed E-state index contributed by atoms with van der Waals surface area (Å²) in [5.74, 6) is -2.36. The van der Waals surface area contributed by atoms with Crippen LogP contribution in [0.15, 0.2) is 12.1 Å². The van der Waals surface area contributed by atoms with E-state index in [9.17, 15) is 13.6 Å². The number of rotatable bonds is 2. The molecule has 0 aromatic heterocycles. The second kappa shape index (κ2) is 3.70. The van der Waals surface area contributed by atoms with Gasteiger partial charge in [0.15, 0.2) is 5.78 Å². The van der Waals surface area contributed by atoms with Gasteiger partial charge in [-0.25, -0.2) is 8.78 Å². The smallest absolute Gasteiger partial charge is 0.165 e. The molecule has 0 aliphatic rings. The van der Waals surface area contributed by atoms with Gasteiger partial charge in [-0.3, -0.25) is 4.79 Å². The molecule has 1 aromatic rings. The lowest BCUT2D eigenvalue weighted by Crippen LogP contribution is -2.30. The minimum Gasteiger partial charge on any atom is -0.322 e. The first kappa shape index (κ1) is 11.8. The third-order valence-electron chi connectivity index (χ3n) is 2.14. The fraction of sp³-hybridized carbons (Fsp3) is 0.364. The van der Waals surface area contributed by atoms with Crippen molar-refractivity contribution in [3.63, 3.8) is 0 Å². The molecule has 0 saturated carbocycles. The molecule has 4 heteroatoms. The first-order valence-corrected chi connectivity index (χ1v) is 4.53. The molecule has 0 heterocycles. The largest absolute Gasteiger partial charge is 0.322 e. The van der Waals surface area contributed by atoms with Gasteiger partial charge in [0.1, 0.15) is 11.6 Å². The summed E-state index contributed by atoms with van der Waals surface area (Å²) in [5.41, 5.74) is 4.37. The maximum atomic E-state index is 13.7. The summed E-state index contributed by atoms with van der Waals surface area (Å²) in [5, 5.41) is 0. The molecule has 0 amide bonds. The van der Waals surface area contributed by atoms with Crippen LogP contribution in [-0.2, 0) is 5.54 Å². The molecule has 0 fully saturated rings. The number of hydrogen-bond acceptors (Lipinski definition) is 2. The SMILES string of the molecule is CC(=O)c1c(F)ccc(C(C)(C)N)c1F. The van der Waals surface area contributed by atoms with E-state index in [-0.39, 0.29) is 5.56 Å². The van der Waals surface area contributed by atoms with Crippen molar-refractivity contribution in [3.05, 3.63) is 34.9 Å². The average molecular weight is 213 g/mol. The van der Waals surface area contributed by atoms with Gasteiger partial charge in [0.2, 0.25) is 0 Å². The average Bonchev–Trinajstić information content (AvgIpc) is 2.00. The van der Waals surface area contributed by atoms with Crippen molar-refractivity contribution < 1.29 is 13.6 Å². The summed E-state index contributed by atoms with van der Waals surface area (Å²) in [6.45, 7) is 4.30. The quantitative estimate of drug-likeness (QED) is 0.766. The van der Waals surface area contributed by atoms with E-state index < -0.39 is 28.5 Å². The molecule has 0 spiro atoms. The fourth-order valence-electron chi connectivity index (χ4n) is 1.37. The van der Waals surface area contributed by atoms with Gasteiger partial charge in [-0.1, -0.05) is 6.07 Å². The highest BCUT2D eigenvalue weighted by atomic mass is 19.1. The van der Waals surface area contributed by atoms with E-state index in [0.29, 0.717) is 0 Å². The third kappa shape index (κ3) is 2.21. The molecule has 0 bridgehead atoms. The Labute approximate surface area is 87.1 Å². The predicted octanol–water partition coefficient (Wildman–Crippen LogP) is 2.36. The van der Waals surface area contributed by atoms with Crippen molar-refractivity contribution in [2.75, 3.05) is 0 Å². The van der Waals surface area contributed by atoms with Crippen molar-refractivity contribution in [1.29, 1.82) is 0 Å². The molecule has 82 valence electrons. The van der Waals surface area contributed by atoms with Crippen LogP contribution in [0.2, 0.25) is 0 Å². The Morgan fingerprint density at radius 3 is 2.27 bits per heavy atom. The van der Waals surface area contributed by atoms with Crippen LogP contribution in [0.25, 0.3) is 0 Å². The highest BCUT2D eigenvalue weighted by molar-refractivity contribution is 5.94. The number of ketones is 1. The molecule has 0 aliphatic carbocycles. The first-order valence-electron chi connectivity index (χ1n) is 4.53. The van der Waals surface area contributed by atoms with Crippen LogP contribution >= 0.6 is 0 Å². The predicted molar refractivity (Wildman–Crippen MR) is 53.6 cm³/mol. The summed E-state index contributed by atoms with van der Waals surface area (Å²) >= 11 is 0. The number of carbonyl (C=O) groups is 1. The summed E-state index contributed by atoms with van der Waals surface area (Å²) in [6, 6.07) is 2.32. The van der Waals surface area contributed by atoms with Crippen LogP contribution in [-0.4, -0.2) is 5.78 Å². The number of nitrogens with two attached hydrogens (primary N) is 1. The zero-order valence-electron chi connectivity index (χ0n) is 8.90. The van der Waals surface area contributed by atoms with E-state index in [2.05, 4.69) is 0 Å². The zero-order chi connectivity index (χ0) is 11.8. The summed E-state index contributed by atoms with van der Waals surface area (Å²) in [6.07, 6.45) is 0. The second-order valence-electron chi connectivity index (χ2n) is 4.06. The Bertz CT molecular complexity index is 408. The monoisotopic (exact) mass is 213 g/mol. The lowest BCUT2D eigenvalue weighted by molar-refractivity contribution is 0.100. The van der Waals surface area contributed by atoms with Crippen LogP contribution in [0.3, 0.4) is 0 Å². The second-order valence-corrected chi connectivity index (χ2v) is 4.06. The number of carbonyl (C=O) groups excluding carboxylic acids is 1. The summed E-state index contributed by atoms with van der Waals surface area (Å²) in [4.78, 5) is 11.0. The van der Waals surface area contributed by atoms with Crippen molar-refractivity contribution in [2.45, 2.75) is 26.3 Å². The Morgan fingerprint density at radius 1 is 1.33 bits per heavy atom. The minimum atomic E-state index is -0.942. The normalized spacial score (nSPS) is 11.6. The maximum Gasteiger partial charge on any atom is 0.165 e. The molecule has 0 unspecified atom stereocenters. The summed E-state index contributed by atoms with van der Waals surface area (Å²) < 4.78 is 26.9. The van der Waals surface area contributed by atoms with Gasteiger partial charge in [0, 0.05) is 11.1 Å². The molecule has 2 N–H and O–H groups in total. The lowest BCUT2D eigenvalue weighted by Gasteiger charge is -2.20. The Hall–Kier alpha value is -1.29. The van der Waals surface area contributed by atoms with E-state index in [4.69, 9.17) is 5.73 Å². The van der Waals surface area contributed by atoms with E-state index in [0.717, 1.165) is 13.0 Å². The standard InChI is InChI=1S/C11H13F2NO/c1-6(15)9-8(12)5-4-7(10(9)13)11(2,3)14/h4-5H,14H2,1-3H3. The van der Waals surface area contributed by atoms with Gasteiger partial charge in [-0.2, -0.15) is 0 Å². The molecule has 0 atom stereocenters. The highest BCUT2D eigenvalue weighted by Gasteiger charge is 2.24. The van der Waals surface area contributed by atoms with Gasteiger partial charge >= 0.3 is 0 Å². The van der Waals surface area contributed by atoms with Crippen molar-refractivity contribution in [1.82, 2.24) is 0 Å². The molecule has 1 rings (SSSR count). The summed E-state index contributed by atoms with van der Waals surface area (Å²) in [7, 11) is 0. The maximum absolute atomic E-state index is 13.7. The van der Waals surface area contributed by atoms with Crippen LogP contribution in [0.1, 0.15) is 36.7 Å². The van der Waals surface area contributed by atoms with Crippen LogP contribution in [0.4, 0.5) is 8.78 Å². The van der Waals surface area contributed by atoms with Crippen molar-refractivity contribution in [2.24, 2.45) is 5.73 Å².